The van der Waals surface area contributed by atoms with E-state index in [4.69, 9.17) is 0 Å². The van der Waals surface area contributed by atoms with Gasteiger partial charge in [-0.25, -0.2) is 0 Å². The Labute approximate surface area is 105 Å². The summed E-state index contributed by atoms with van der Waals surface area (Å²) in [6.07, 6.45) is 12.5. The maximum atomic E-state index is 3.76. The Morgan fingerprint density at radius 1 is 0.733 bits per heavy atom. The van der Waals surface area contributed by atoms with Crippen molar-refractivity contribution in [3.63, 3.8) is 0 Å². The zero-order valence-corrected chi connectivity index (χ0v) is 12.5. The van der Waals surface area contributed by atoms with Gasteiger partial charge in [0.05, 0.1) is 0 Å². The summed E-state index contributed by atoms with van der Waals surface area (Å²) in [5.41, 5.74) is 0.613. The fourth-order valence-corrected chi connectivity index (χ4v) is 3.07. The quantitative estimate of drug-likeness (QED) is 0.433. The third-order valence-electron chi connectivity index (χ3n) is 3.47. The van der Waals surface area contributed by atoms with Gasteiger partial charge in [0, 0.05) is 5.33 Å². The predicted octanol–water partition coefficient (Wildman–Crippen LogP) is 5.94. The molecule has 0 N–H and O–H groups in total. The van der Waals surface area contributed by atoms with Gasteiger partial charge in [0.2, 0.25) is 0 Å². The first-order valence-corrected chi connectivity index (χ1v) is 7.92. The molecule has 0 saturated carbocycles. The molecule has 0 fully saturated rings. The van der Waals surface area contributed by atoms with Crippen LogP contribution in [0, 0.1) is 5.41 Å². The molecule has 0 radical (unpaired) electrons. The molecule has 0 spiro atoms. The number of halogens is 1. The average molecular weight is 277 g/mol. The molecule has 0 rings (SSSR count). The van der Waals surface area contributed by atoms with Gasteiger partial charge in [0.25, 0.3) is 0 Å². The molecule has 0 aliphatic heterocycles. The highest BCUT2D eigenvalue weighted by Crippen LogP contribution is 2.38. The van der Waals surface area contributed by atoms with Crippen LogP contribution in [0.1, 0.15) is 78.6 Å². The summed E-state index contributed by atoms with van der Waals surface area (Å²) >= 11 is 3.76. The van der Waals surface area contributed by atoms with E-state index in [1.165, 1.54) is 63.1 Å². The van der Waals surface area contributed by atoms with E-state index in [1.807, 2.05) is 0 Å². The van der Waals surface area contributed by atoms with Crippen LogP contribution in [0.5, 0.6) is 0 Å². The predicted molar refractivity (Wildman–Crippen MR) is 74.8 cm³/mol. The molecular formula is C14H29Br. The zero-order valence-electron chi connectivity index (χ0n) is 10.9. The smallest absolute Gasteiger partial charge is 0.00879 e. The lowest BCUT2D eigenvalue weighted by molar-refractivity contribution is 0.238. The van der Waals surface area contributed by atoms with E-state index in [0.29, 0.717) is 5.41 Å². The van der Waals surface area contributed by atoms with E-state index in [2.05, 4.69) is 36.7 Å². The molecule has 0 aliphatic rings. The number of alkyl halides is 1. The fraction of sp³-hybridized carbons (Fsp3) is 1.00. The normalized spacial score (nSPS) is 12.0. The highest BCUT2D eigenvalue weighted by Gasteiger charge is 2.26. The standard InChI is InChI=1S/C14H29Br/c1-4-7-10-14(13-15,11-8-5-2)12-9-6-3/h4-13H2,1-3H3. The van der Waals surface area contributed by atoms with Gasteiger partial charge in [-0.15, -0.1) is 0 Å². The molecule has 0 heterocycles. The lowest BCUT2D eigenvalue weighted by Crippen LogP contribution is -2.23. The summed E-state index contributed by atoms with van der Waals surface area (Å²) < 4.78 is 0. The molecule has 15 heavy (non-hydrogen) atoms. The Bertz CT molecular complexity index is 110. The van der Waals surface area contributed by atoms with Crippen molar-refractivity contribution in [1.82, 2.24) is 0 Å². The van der Waals surface area contributed by atoms with Gasteiger partial charge in [-0.05, 0) is 24.7 Å². The minimum atomic E-state index is 0.613. The molecule has 1 heteroatoms. The van der Waals surface area contributed by atoms with Crippen molar-refractivity contribution in [2.75, 3.05) is 5.33 Å². The van der Waals surface area contributed by atoms with Gasteiger partial charge in [-0.2, -0.15) is 0 Å². The molecule has 0 aliphatic carbocycles. The molecule has 0 bridgehead atoms. The molecule has 0 aromatic heterocycles. The average Bonchev–Trinajstić information content (AvgIpc) is 2.29. The molecular weight excluding hydrogens is 248 g/mol. The zero-order chi connectivity index (χ0) is 11.6. The van der Waals surface area contributed by atoms with Gasteiger partial charge in [0.1, 0.15) is 0 Å². The van der Waals surface area contributed by atoms with Gasteiger partial charge < -0.3 is 0 Å². The molecule has 92 valence electrons. The van der Waals surface area contributed by atoms with Crippen molar-refractivity contribution in [3.05, 3.63) is 0 Å². The van der Waals surface area contributed by atoms with E-state index in [0.717, 1.165) is 0 Å². The van der Waals surface area contributed by atoms with Crippen LogP contribution >= 0.6 is 15.9 Å². The largest absolute Gasteiger partial charge is 0.0922 e. The number of hydrogen-bond acceptors (Lipinski definition) is 0. The SMILES string of the molecule is CCCCC(CBr)(CCCC)CCCC. The van der Waals surface area contributed by atoms with Crippen LogP contribution in [0.4, 0.5) is 0 Å². The number of unbranched alkanes of at least 4 members (excludes halogenated alkanes) is 3. The van der Waals surface area contributed by atoms with Crippen LogP contribution in [-0.2, 0) is 0 Å². The second kappa shape index (κ2) is 9.69. The van der Waals surface area contributed by atoms with Crippen LogP contribution in [-0.4, -0.2) is 5.33 Å². The molecule has 0 unspecified atom stereocenters. The van der Waals surface area contributed by atoms with E-state index in [9.17, 15) is 0 Å². The van der Waals surface area contributed by atoms with E-state index in [-0.39, 0.29) is 0 Å². The Kier molecular flexibility index (Phi) is 10.00. The third kappa shape index (κ3) is 6.60. The van der Waals surface area contributed by atoms with Crippen molar-refractivity contribution < 1.29 is 0 Å². The Hall–Kier alpha value is 0.480. The van der Waals surface area contributed by atoms with Crippen molar-refractivity contribution in [3.8, 4) is 0 Å². The van der Waals surface area contributed by atoms with Crippen LogP contribution in [0.2, 0.25) is 0 Å². The van der Waals surface area contributed by atoms with Crippen LogP contribution in [0.15, 0.2) is 0 Å². The molecule has 0 aromatic carbocycles. The molecule has 0 amide bonds. The van der Waals surface area contributed by atoms with Crippen LogP contribution in [0.25, 0.3) is 0 Å². The lowest BCUT2D eigenvalue weighted by atomic mass is 9.76. The number of rotatable bonds is 10. The van der Waals surface area contributed by atoms with Crippen molar-refractivity contribution in [2.24, 2.45) is 5.41 Å². The first-order chi connectivity index (χ1) is 7.24. The molecule has 0 atom stereocenters. The summed E-state index contributed by atoms with van der Waals surface area (Å²) in [5.74, 6) is 0. The van der Waals surface area contributed by atoms with Crippen LogP contribution in [0.3, 0.4) is 0 Å². The van der Waals surface area contributed by atoms with Crippen LogP contribution < -0.4 is 0 Å². The second-order valence-electron chi connectivity index (χ2n) is 4.94. The van der Waals surface area contributed by atoms with Crippen molar-refractivity contribution >= 4 is 15.9 Å². The van der Waals surface area contributed by atoms with Gasteiger partial charge in [-0.3, -0.25) is 0 Å². The fourth-order valence-electron chi connectivity index (χ4n) is 2.23. The highest BCUT2D eigenvalue weighted by atomic mass is 79.9. The summed E-state index contributed by atoms with van der Waals surface area (Å²) in [4.78, 5) is 0. The summed E-state index contributed by atoms with van der Waals surface area (Å²) in [7, 11) is 0. The maximum Gasteiger partial charge on any atom is 0.00879 e. The molecule has 0 saturated heterocycles. The summed E-state index contributed by atoms with van der Waals surface area (Å²) in [6.45, 7) is 6.91. The minimum absolute atomic E-state index is 0.613. The molecule has 0 nitrogen and oxygen atoms in total. The first kappa shape index (κ1) is 15.5. The van der Waals surface area contributed by atoms with Gasteiger partial charge in [0.15, 0.2) is 0 Å². The monoisotopic (exact) mass is 276 g/mol. The topological polar surface area (TPSA) is 0 Å². The minimum Gasteiger partial charge on any atom is -0.0922 e. The van der Waals surface area contributed by atoms with E-state index < -0.39 is 0 Å². The first-order valence-electron chi connectivity index (χ1n) is 6.80. The highest BCUT2D eigenvalue weighted by molar-refractivity contribution is 9.09. The Morgan fingerprint density at radius 2 is 1.07 bits per heavy atom. The maximum absolute atomic E-state index is 3.76. The lowest BCUT2D eigenvalue weighted by Gasteiger charge is -2.32. The third-order valence-corrected chi connectivity index (χ3v) is 4.65. The van der Waals surface area contributed by atoms with Gasteiger partial charge >= 0.3 is 0 Å². The Balaban J connectivity index is 4.16. The van der Waals surface area contributed by atoms with Gasteiger partial charge in [-0.1, -0.05) is 75.2 Å². The summed E-state index contributed by atoms with van der Waals surface area (Å²) in [5, 5.41) is 1.21. The number of hydrogen-bond donors (Lipinski definition) is 0. The summed E-state index contributed by atoms with van der Waals surface area (Å²) in [6, 6.07) is 0. The second-order valence-corrected chi connectivity index (χ2v) is 5.51. The van der Waals surface area contributed by atoms with E-state index in [1.54, 1.807) is 0 Å². The van der Waals surface area contributed by atoms with Crippen molar-refractivity contribution in [1.29, 1.82) is 0 Å². The Morgan fingerprint density at radius 3 is 1.27 bits per heavy atom. The van der Waals surface area contributed by atoms with E-state index >= 15 is 0 Å². The molecule has 0 aromatic rings. The van der Waals surface area contributed by atoms with Crippen molar-refractivity contribution in [2.45, 2.75) is 78.6 Å².